The van der Waals surface area contributed by atoms with E-state index in [-0.39, 0.29) is 17.1 Å². The van der Waals surface area contributed by atoms with Crippen molar-refractivity contribution in [3.05, 3.63) is 118 Å². The Morgan fingerprint density at radius 2 is 1.17 bits per heavy atom. The average molecular weight is 338 g/mol. The first-order chi connectivity index (χ1) is 10.9. The van der Waals surface area contributed by atoms with Gasteiger partial charge in [-0.25, -0.2) is 0 Å². The Labute approximate surface area is 151 Å². The summed E-state index contributed by atoms with van der Waals surface area (Å²) < 4.78 is 0. The molecule has 0 nitrogen and oxygen atoms in total. The van der Waals surface area contributed by atoms with Gasteiger partial charge >= 0.3 is 17.1 Å². The van der Waals surface area contributed by atoms with E-state index >= 15 is 0 Å². The normalized spacial score (nSPS) is 17.9. The Morgan fingerprint density at radius 3 is 1.83 bits per heavy atom. The first-order valence-corrected chi connectivity index (χ1v) is 7.47. The van der Waals surface area contributed by atoms with Crippen LogP contribution in [0.25, 0.3) is 16.8 Å². The van der Waals surface area contributed by atoms with E-state index < -0.39 is 0 Å². The van der Waals surface area contributed by atoms with Gasteiger partial charge in [0.1, 0.15) is 0 Å². The maximum Gasteiger partial charge on any atom is 2.00 e. The summed E-state index contributed by atoms with van der Waals surface area (Å²) in [5, 5.41) is 2.58. The molecule has 2 aliphatic carbocycles. The molecule has 0 unspecified atom stereocenters. The molecule has 112 valence electrons. The molecule has 0 N–H and O–H groups in total. The van der Waals surface area contributed by atoms with Crippen LogP contribution in [0, 0.1) is 63.7 Å². The molecule has 2 aliphatic rings. The fourth-order valence-electron chi connectivity index (χ4n) is 2.32. The van der Waals surface area contributed by atoms with E-state index in [9.17, 15) is 0 Å². The summed E-state index contributed by atoms with van der Waals surface area (Å²) in [5.41, 5.74) is 1.24. The largest absolute Gasteiger partial charge is 2.00 e. The third kappa shape index (κ3) is 5.83. The summed E-state index contributed by atoms with van der Waals surface area (Å²) in [6.45, 7) is 0. The standard InChI is InChI=1S/C17H13.C5H5.Fe/c1-2-6-14(5-1)9-10-15-11-12-16-7-3-4-8-17(16)13-15;1-2-4-5-3-1;/h1-13H;1-5H;/q;;+2/b10-9+;;. The summed E-state index contributed by atoms with van der Waals surface area (Å²) >= 11 is 0. The van der Waals surface area contributed by atoms with Gasteiger partial charge in [-0.05, 0) is 80.2 Å². The van der Waals surface area contributed by atoms with Crippen molar-refractivity contribution in [2.24, 2.45) is 0 Å². The van der Waals surface area contributed by atoms with Crippen LogP contribution in [-0.2, 0) is 17.1 Å². The molecule has 2 saturated carbocycles. The fraction of sp³-hybridized carbons (Fsp3) is 0. The van der Waals surface area contributed by atoms with Gasteiger partial charge in [0.25, 0.3) is 0 Å². The molecule has 2 aromatic rings. The maximum absolute atomic E-state index is 2.22. The van der Waals surface area contributed by atoms with Crippen LogP contribution in [0.15, 0.2) is 48.5 Å². The molecule has 0 amide bonds. The Balaban J connectivity index is 0.000000276. The van der Waals surface area contributed by atoms with Crippen molar-refractivity contribution in [1.29, 1.82) is 0 Å². The number of fused-ring (bicyclic) bond motifs is 1. The molecule has 0 atom stereocenters. The smallest absolute Gasteiger partial charge is 0.0762 e. The second kappa shape index (κ2) is 9.96. The number of benzene rings is 2. The van der Waals surface area contributed by atoms with Gasteiger partial charge in [0.2, 0.25) is 0 Å². The van der Waals surface area contributed by atoms with Gasteiger partial charge in [-0.3, -0.25) is 0 Å². The topological polar surface area (TPSA) is 0 Å². The van der Waals surface area contributed by atoms with Gasteiger partial charge in [-0.15, -0.1) is 0 Å². The van der Waals surface area contributed by atoms with Crippen molar-refractivity contribution in [2.45, 2.75) is 0 Å². The second-order valence-corrected chi connectivity index (χ2v) is 5.12. The van der Waals surface area contributed by atoms with Crippen LogP contribution in [0.2, 0.25) is 0 Å². The Kier molecular flexibility index (Phi) is 7.92. The monoisotopic (exact) mass is 338 g/mol. The molecule has 0 aromatic heterocycles. The predicted octanol–water partition coefficient (Wildman–Crippen LogP) is 5.28. The predicted molar refractivity (Wildman–Crippen MR) is 94.9 cm³/mol. The summed E-state index contributed by atoms with van der Waals surface area (Å²) in [6.07, 6.45) is 22.6. The average Bonchev–Trinajstić information content (AvgIpc) is 3.28. The van der Waals surface area contributed by atoms with Crippen LogP contribution < -0.4 is 0 Å². The van der Waals surface area contributed by atoms with Crippen LogP contribution >= 0.6 is 0 Å². The SMILES string of the molecule is [CH]1[CH][CH][CH][CH]1.[CH]1[CH][CH][C](/C=C/c2ccc3ccccc3c2)[CH]1.[Fe+2]. The Morgan fingerprint density at radius 1 is 0.565 bits per heavy atom. The van der Waals surface area contributed by atoms with Crippen LogP contribution in [0.4, 0.5) is 0 Å². The van der Waals surface area contributed by atoms with Gasteiger partial charge in [0.15, 0.2) is 0 Å². The van der Waals surface area contributed by atoms with Gasteiger partial charge in [-0.2, -0.15) is 0 Å². The molecule has 10 radical (unpaired) electrons. The summed E-state index contributed by atoms with van der Waals surface area (Å²) in [4.78, 5) is 0. The minimum atomic E-state index is 0. The van der Waals surface area contributed by atoms with Crippen molar-refractivity contribution < 1.29 is 17.1 Å². The first kappa shape index (κ1) is 18.3. The molecule has 2 fully saturated rings. The summed E-state index contributed by atoms with van der Waals surface area (Å²) in [5.74, 6) is 1.25. The molecular weight excluding hydrogens is 320 g/mol. The number of hydrogen-bond acceptors (Lipinski definition) is 0. The van der Waals surface area contributed by atoms with Crippen LogP contribution in [0.1, 0.15) is 5.56 Å². The van der Waals surface area contributed by atoms with E-state index in [0.29, 0.717) is 0 Å². The van der Waals surface area contributed by atoms with Crippen LogP contribution in [0.5, 0.6) is 0 Å². The molecule has 0 bridgehead atoms. The molecule has 0 heterocycles. The van der Waals surface area contributed by atoms with Crippen LogP contribution in [0.3, 0.4) is 0 Å². The molecule has 0 saturated heterocycles. The summed E-state index contributed by atoms with van der Waals surface area (Å²) in [6, 6.07) is 15.0. The third-order valence-electron chi connectivity index (χ3n) is 3.49. The molecule has 1 heteroatoms. The third-order valence-corrected chi connectivity index (χ3v) is 3.49. The number of rotatable bonds is 2. The van der Waals surface area contributed by atoms with E-state index in [2.05, 4.69) is 80.3 Å². The first-order valence-electron chi connectivity index (χ1n) is 7.47. The van der Waals surface area contributed by atoms with Gasteiger partial charge < -0.3 is 0 Å². The number of hydrogen-bond donors (Lipinski definition) is 0. The Hall–Kier alpha value is -1.04. The van der Waals surface area contributed by atoms with Gasteiger partial charge in [0.05, 0.1) is 0 Å². The van der Waals surface area contributed by atoms with Crippen molar-refractivity contribution in [2.75, 3.05) is 0 Å². The Bertz CT molecular complexity index is 597. The zero-order chi connectivity index (χ0) is 15.0. The molecule has 2 aromatic carbocycles. The van der Waals surface area contributed by atoms with Crippen molar-refractivity contribution in [3.8, 4) is 0 Å². The van der Waals surface area contributed by atoms with E-state index in [1.165, 1.54) is 22.3 Å². The molecular formula is C22H18Fe+2. The van der Waals surface area contributed by atoms with Crippen molar-refractivity contribution in [1.82, 2.24) is 0 Å². The minimum Gasteiger partial charge on any atom is -0.0762 e. The molecule has 23 heavy (non-hydrogen) atoms. The minimum absolute atomic E-state index is 0. The van der Waals surface area contributed by atoms with Crippen molar-refractivity contribution in [3.63, 3.8) is 0 Å². The van der Waals surface area contributed by atoms with E-state index in [1.54, 1.807) is 0 Å². The second-order valence-electron chi connectivity index (χ2n) is 5.12. The summed E-state index contributed by atoms with van der Waals surface area (Å²) in [7, 11) is 0. The molecule has 4 rings (SSSR count). The van der Waals surface area contributed by atoms with E-state index in [0.717, 1.165) is 0 Å². The fourth-order valence-corrected chi connectivity index (χ4v) is 2.32. The quantitative estimate of drug-likeness (QED) is 0.654. The number of allylic oxidation sites excluding steroid dienone is 1. The van der Waals surface area contributed by atoms with Crippen molar-refractivity contribution >= 4 is 16.8 Å². The van der Waals surface area contributed by atoms with Gasteiger partial charge in [0, 0.05) is 5.92 Å². The van der Waals surface area contributed by atoms with Gasteiger partial charge in [-0.1, -0.05) is 48.6 Å². The maximum atomic E-state index is 2.22. The van der Waals surface area contributed by atoms with E-state index in [1.807, 2.05) is 32.1 Å². The zero-order valence-electron chi connectivity index (χ0n) is 12.7. The van der Waals surface area contributed by atoms with E-state index in [4.69, 9.17) is 0 Å². The molecule has 0 spiro atoms. The zero-order valence-corrected chi connectivity index (χ0v) is 13.9. The van der Waals surface area contributed by atoms with Crippen LogP contribution in [-0.4, -0.2) is 0 Å². The molecule has 0 aliphatic heterocycles.